The highest BCUT2D eigenvalue weighted by atomic mass is 19.3. The van der Waals surface area contributed by atoms with Crippen LogP contribution in [0.5, 0.6) is 0 Å². The topological polar surface area (TPSA) is 93.1 Å². The maximum Gasteiger partial charge on any atom is 0.380 e. The molecule has 2 aliphatic rings. The van der Waals surface area contributed by atoms with Crippen LogP contribution in [0.25, 0.3) is 0 Å². The van der Waals surface area contributed by atoms with E-state index in [1.54, 1.807) is 36.4 Å². The molecule has 6 nitrogen and oxygen atoms in total. The highest BCUT2D eigenvalue weighted by Gasteiger charge is 2.63. The maximum absolute atomic E-state index is 14.0. The van der Waals surface area contributed by atoms with Crippen molar-refractivity contribution in [2.24, 2.45) is 0 Å². The van der Waals surface area contributed by atoms with E-state index >= 15 is 0 Å². The first-order chi connectivity index (χ1) is 16.9. The molecule has 0 saturated heterocycles. The highest BCUT2D eigenvalue weighted by Crippen LogP contribution is 2.48. The molecule has 2 aromatic rings. The minimum Gasteiger partial charge on any atom is -0.461 e. The molecule has 10 heteroatoms. The zero-order valence-electron chi connectivity index (χ0n) is 19.9. The van der Waals surface area contributed by atoms with Crippen molar-refractivity contribution in [3.63, 3.8) is 0 Å². The van der Waals surface area contributed by atoms with Gasteiger partial charge in [-0.1, -0.05) is 48.5 Å². The molecule has 0 fully saturated rings. The summed E-state index contributed by atoms with van der Waals surface area (Å²) >= 11 is 0. The number of aliphatic hydroxyl groups is 2. The lowest BCUT2D eigenvalue weighted by atomic mass is 9.89. The number of hydrogen-bond donors (Lipinski definition) is 2. The largest absolute Gasteiger partial charge is 0.461 e. The third-order valence-electron chi connectivity index (χ3n) is 6.54. The van der Waals surface area contributed by atoms with Crippen LogP contribution in [0, 0.1) is 0 Å². The summed E-state index contributed by atoms with van der Waals surface area (Å²) < 4.78 is 64.9. The van der Waals surface area contributed by atoms with Crippen LogP contribution in [0.15, 0.2) is 48.5 Å². The van der Waals surface area contributed by atoms with E-state index in [1.807, 2.05) is 0 Å². The van der Waals surface area contributed by atoms with Crippen LogP contribution in [-0.2, 0) is 43.1 Å². The van der Waals surface area contributed by atoms with Gasteiger partial charge in [0, 0.05) is 0 Å². The fourth-order valence-corrected chi connectivity index (χ4v) is 4.62. The van der Waals surface area contributed by atoms with Crippen molar-refractivity contribution in [1.29, 1.82) is 0 Å². The first-order valence-electron chi connectivity index (χ1n) is 11.6. The van der Waals surface area contributed by atoms with Crippen LogP contribution in [0.1, 0.15) is 48.9 Å². The Bertz CT molecular complexity index is 1030. The van der Waals surface area contributed by atoms with Crippen molar-refractivity contribution in [2.45, 2.75) is 62.6 Å². The fraction of sp³-hybridized carbons (Fsp3) is 0.462. The second-order valence-corrected chi connectivity index (χ2v) is 8.62. The van der Waals surface area contributed by atoms with E-state index in [9.17, 15) is 37.4 Å². The van der Waals surface area contributed by atoms with E-state index < -0.39 is 35.0 Å². The molecule has 196 valence electrons. The number of halogens is 4. The number of hydrogen-bond acceptors (Lipinski definition) is 6. The van der Waals surface area contributed by atoms with Gasteiger partial charge < -0.3 is 19.7 Å². The number of fused-ring (bicyclic) bond motifs is 2. The Labute approximate surface area is 205 Å². The Hall–Kier alpha value is -2.98. The molecule has 2 atom stereocenters. The van der Waals surface area contributed by atoms with Crippen molar-refractivity contribution >= 4 is 11.9 Å². The minimum atomic E-state index is -3.93. The fourth-order valence-electron chi connectivity index (χ4n) is 4.62. The zero-order chi connectivity index (χ0) is 26.8. The van der Waals surface area contributed by atoms with Crippen molar-refractivity contribution in [3.05, 3.63) is 70.8 Å². The van der Waals surface area contributed by atoms with Crippen LogP contribution >= 0.6 is 0 Å². The van der Waals surface area contributed by atoms with Gasteiger partial charge in [0.2, 0.25) is 0 Å². The Balaban J connectivity index is 0.000000201. The minimum absolute atomic E-state index is 0.114. The van der Waals surface area contributed by atoms with Crippen LogP contribution in [0.3, 0.4) is 0 Å². The van der Waals surface area contributed by atoms with Crippen molar-refractivity contribution in [3.8, 4) is 0 Å². The summed E-state index contributed by atoms with van der Waals surface area (Å²) in [5.74, 6) is -11.2. The van der Waals surface area contributed by atoms with Gasteiger partial charge in [0.25, 0.3) is 0 Å². The molecule has 0 saturated carbocycles. The molecule has 0 unspecified atom stereocenters. The number of ether oxygens (including phenoxy) is 2. The third kappa shape index (κ3) is 4.48. The number of esters is 2. The van der Waals surface area contributed by atoms with Crippen LogP contribution in [0.4, 0.5) is 17.6 Å². The number of alkyl halides is 4. The summed E-state index contributed by atoms with van der Waals surface area (Å²) in [4.78, 5) is 22.7. The molecule has 0 amide bonds. The van der Waals surface area contributed by atoms with Gasteiger partial charge in [0.05, 0.1) is 13.2 Å². The van der Waals surface area contributed by atoms with Gasteiger partial charge >= 0.3 is 23.8 Å². The number of benzene rings is 2. The number of carbonyl (C=O) groups excluding carboxylic acids is 2. The standard InChI is InChI=1S/2C13H14F2O3/c2*1-2-18-11(16)13(14,15)12(17)8-7-9-5-3-4-6-10(9)12/h2*3-6,17H,2,7-8H2,1H3/t2*12-/m11/s1. The molecular weight excluding hydrogens is 484 g/mol. The highest BCUT2D eigenvalue weighted by molar-refractivity contribution is 5.80. The predicted molar refractivity (Wildman–Crippen MR) is 120 cm³/mol. The van der Waals surface area contributed by atoms with Gasteiger partial charge in [0.15, 0.2) is 11.2 Å². The van der Waals surface area contributed by atoms with Crippen LogP contribution < -0.4 is 0 Å². The van der Waals surface area contributed by atoms with Crippen LogP contribution in [0.2, 0.25) is 0 Å². The van der Waals surface area contributed by atoms with Crippen molar-refractivity contribution in [2.75, 3.05) is 13.2 Å². The van der Waals surface area contributed by atoms with Gasteiger partial charge in [-0.3, -0.25) is 0 Å². The van der Waals surface area contributed by atoms with Crippen molar-refractivity contribution in [1.82, 2.24) is 0 Å². The second kappa shape index (κ2) is 10.2. The summed E-state index contributed by atoms with van der Waals surface area (Å²) in [6.07, 6.45) is 0.277. The SMILES string of the molecule is CCOC(=O)C(F)(F)[C@@]1(O)CCc2ccccc21.CCOC(=O)C(F)(F)[C@@]1(O)CCc2ccccc21. The van der Waals surface area contributed by atoms with E-state index in [2.05, 4.69) is 9.47 Å². The lowest BCUT2D eigenvalue weighted by Crippen LogP contribution is -2.50. The molecule has 0 bridgehead atoms. The van der Waals surface area contributed by atoms with Crippen LogP contribution in [-0.4, -0.2) is 47.2 Å². The van der Waals surface area contributed by atoms with E-state index in [0.717, 1.165) is 0 Å². The number of rotatable bonds is 6. The Morgan fingerprint density at radius 2 is 1.08 bits per heavy atom. The summed E-state index contributed by atoms with van der Waals surface area (Å²) in [6.45, 7) is 2.60. The Kier molecular flexibility index (Phi) is 7.80. The van der Waals surface area contributed by atoms with Gasteiger partial charge in [0.1, 0.15) is 0 Å². The molecule has 36 heavy (non-hydrogen) atoms. The molecule has 0 spiro atoms. The van der Waals surface area contributed by atoms with E-state index in [0.29, 0.717) is 24.0 Å². The van der Waals surface area contributed by atoms with E-state index in [1.165, 1.54) is 26.0 Å². The smallest absolute Gasteiger partial charge is 0.380 e. The van der Waals surface area contributed by atoms with Gasteiger partial charge in [-0.2, -0.15) is 17.6 Å². The number of carbonyl (C=O) groups is 2. The molecule has 4 rings (SSSR count). The summed E-state index contributed by atoms with van der Waals surface area (Å²) in [7, 11) is 0. The maximum atomic E-state index is 14.0. The third-order valence-corrected chi connectivity index (χ3v) is 6.54. The molecule has 0 radical (unpaired) electrons. The normalized spacial score (nSPS) is 22.7. The first kappa shape index (κ1) is 27.6. The lowest BCUT2D eigenvalue weighted by Gasteiger charge is -2.31. The van der Waals surface area contributed by atoms with Gasteiger partial charge in [-0.15, -0.1) is 0 Å². The number of aryl methyl sites for hydroxylation is 2. The van der Waals surface area contributed by atoms with Gasteiger partial charge in [-0.05, 0) is 61.8 Å². The quantitative estimate of drug-likeness (QED) is 0.449. The first-order valence-corrected chi connectivity index (χ1v) is 11.6. The lowest BCUT2D eigenvalue weighted by molar-refractivity contribution is -0.216. The molecule has 2 aliphatic carbocycles. The monoisotopic (exact) mass is 512 g/mol. The van der Waals surface area contributed by atoms with E-state index in [-0.39, 0.29) is 37.2 Å². The molecular formula is C26H28F4O6. The van der Waals surface area contributed by atoms with E-state index in [4.69, 9.17) is 0 Å². The molecule has 0 aliphatic heterocycles. The van der Waals surface area contributed by atoms with Crippen molar-refractivity contribution < 1.29 is 46.8 Å². The Morgan fingerprint density at radius 3 is 1.42 bits per heavy atom. The second-order valence-electron chi connectivity index (χ2n) is 8.62. The summed E-state index contributed by atoms with van der Waals surface area (Å²) in [5, 5.41) is 20.4. The summed E-state index contributed by atoms with van der Waals surface area (Å²) in [5.41, 5.74) is -3.41. The molecule has 0 aromatic heterocycles. The van der Waals surface area contributed by atoms with Gasteiger partial charge in [-0.25, -0.2) is 9.59 Å². The summed E-state index contributed by atoms with van der Waals surface area (Å²) in [6, 6.07) is 12.8. The Morgan fingerprint density at radius 1 is 0.750 bits per heavy atom. The molecule has 2 aromatic carbocycles. The average Bonchev–Trinajstić information content (AvgIpc) is 3.40. The zero-order valence-corrected chi connectivity index (χ0v) is 19.9. The predicted octanol–water partition coefficient (Wildman–Crippen LogP) is 4.04. The molecule has 2 N–H and O–H groups in total. The molecule has 0 heterocycles. The average molecular weight is 512 g/mol.